The number of aromatic nitrogens is 2. The Morgan fingerprint density at radius 2 is 1.81 bits per heavy atom. The minimum Gasteiger partial charge on any atom is -0.345 e. The number of anilines is 2. The third kappa shape index (κ3) is 4.20. The van der Waals surface area contributed by atoms with E-state index in [0.29, 0.717) is 21.5 Å². The summed E-state index contributed by atoms with van der Waals surface area (Å²) >= 11 is 1.18. The molecule has 0 bridgehead atoms. The highest BCUT2D eigenvalue weighted by atomic mass is 32.1. The molecule has 26 heavy (non-hydrogen) atoms. The molecule has 0 unspecified atom stereocenters. The largest absolute Gasteiger partial charge is 0.345 e. The summed E-state index contributed by atoms with van der Waals surface area (Å²) in [7, 11) is 0. The van der Waals surface area contributed by atoms with E-state index in [2.05, 4.69) is 20.6 Å². The number of halogens is 2. The molecule has 2 aromatic heterocycles. The Morgan fingerprint density at radius 3 is 2.46 bits per heavy atom. The van der Waals surface area contributed by atoms with Crippen molar-refractivity contribution in [2.45, 2.75) is 19.9 Å². The lowest BCUT2D eigenvalue weighted by Crippen LogP contribution is -2.26. The van der Waals surface area contributed by atoms with Crippen LogP contribution in [0, 0.1) is 18.6 Å². The Morgan fingerprint density at radius 1 is 1.12 bits per heavy atom. The Kier molecular flexibility index (Phi) is 5.22. The molecule has 0 fully saturated rings. The predicted octanol–water partition coefficient (Wildman–Crippen LogP) is 4.36. The molecule has 8 heteroatoms. The molecule has 0 spiro atoms. The number of nitrogens with zero attached hydrogens (tertiary/aromatic N) is 2. The van der Waals surface area contributed by atoms with Crippen molar-refractivity contribution in [3.63, 3.8) is 0 Å². The van der Waals surface area contributed by atoms with Crippen molar-refractivity contribution in [2.24, 2.45) is 0 Å². The number of nitrogens with one attached hydrogen (secondary N) is 2. The van der Waals surface area contributed by atoms with Gasteiger partial charge in [-0.15, -0.1) is 0 Å². The van der Waals surface area contributed by atoms with Gasteiger partial charge in [0.15, 0.2) is 5.13 Å². The lowest BCUT2D eigenvalue weighted by Gasteiger charge is -2.13. The number of carbonyl (C=O) groups excluding carboxylic acids is 1. The van der Waals surface area contributed by atoms with E-state index in [1.165, 1.54) is 35.6 Å². The molecule has 3 rings (SSSR count). The van der Waals surface area contributed by atoms with Crippen LogP contribution in [0.25, 0.3) is 0 Å². The van der Waals surface area contributed by atoms with Gasteiger partial charge < -0.3 is 10.6 Å². The molecule has 1 amide bonds. The second kappa shape index (κ2) is 7.57. The van der Waals surface area contributed by atoms with Crippen molar-refractivity contribution in [2.75, 3.05) is 5.32 Å². The molecular formula is C18H16F2N4OS. The first-order valence-electron chi connectivity index (χ1n) is 7.84. The van der Waals surface area contributed by atoms with Crippen LogP contribution in [0.1, 0.15) is 33.9 Å². The summed E-state index contributed by atoms with van der Waals surface area (Å²) in [5.74, 6) is -0.583. The van der Waals surface area contributed by atoms with Crippen molar-refractivity contribution >= 4 is 28.2 Å². The Labute approximate surface area is 153 Å². The van der Waals surface area contributed by atoms with Crippen LogP contribution in [0.3, 0.4) is 0 Å². The maximum absolute atomic E-state index is 13.0. The van der Waals surface area contributed by atoms with E-state index in [9.17, 15) is 13.6 Å². The van der Waals surface area contributed by atoms with Gasteiger partial charge in [-0.3, -0.25) is 4.79 Å². The van der Waals surface area contributed by atoms with Gasteiger partial charge in [0.2, 0.25) is 0 Å². The average molecular weight is 374 g/mol. The summed E-state index contributed by atoms with van der Waals surface area (Å²) in [6, 6.07) is 8.47. The van der Waals surface area contributed by atoms with E-state index in [1.807, 2.05) is 6.92 Å². The van der Waals surface area contributed by atoms with Gasteiger partial charge in [-0.2, -0.15) is 0 Å². The summed E-state index contributed by atoms with van der Waals surface area (Å²) < 4.78 is 25.9. The highest BCUT2D eigenvalue weighted by Gasteiger charge is 2.18. The van der Waals surface area contributed by atoms with Crippen molar-refractivity contribution in [3.8, 4) is 0 Å². The summed E-state index contributed by atoms with van der Waals surface area (Å²) in [4.78, 5) is 21.2. The second-order valence-electron chi connectivity index (χ2n) is 5.67. The van der Waals surface area contributed by atoms with Crippen molar-refractivity contribution in [1.82, 2.24) is 15.3 Å². The number of aryl methyl sites for hydroxylation is 1. The third-order valence-electron chi connectivity index (χ3n) is 3.68. The maximum atomic E-state index is 13.0. The van der Waals surface area contributed by atoms with Gasteiger partial charge in [0, 0.05) is 0 Å². The molecule has 0 aliphatic heterocycles. The predicted molar refractivity (Wildman–Crippen MR) is 96.6 cm³/mol. The van der Waals surface area contributed by atoms with Crippen molar-refractivity contribution < 1.29 is 13.6 Å². The Hall–Kier alpha value is -2.87. The number of hydrogen-bond acceptors (Lipinski definition) is 5. The zero-order valence-corrected chi connectivity index (χ0v) is 14.9. The SMILES string of the molecule is Cc1nc(Nc2ccc(F)cn2)sc1C(=O)N[C@@H](C)c1ccc(F)cc1. The van der Waals surface area contributed by atoms with E-state index in [4.69, 9.17) is 0 Å². The zero-order valence-electron chi connectivity index (χ0n) is 14.1. The first kappa shape index (κ1) is 17.9. The zero-order chi connectivity index (χ0) is 18.7. The van der Waals surface area contributed by atoms with Crippen LogP contribution in [0.2, 0.25) is 0 Å². The second-order valence-corrected chi connectivity index (χ2v) is 6.67. The molecule has 1 aromatic carbocycles. The van der Waals surface area contributed by atoms with Crippen LogP contribution in [0.4, 0.5) is 19.7 Å². The summed E-state index contributed by atoms with van der Waals surface area (Å²) in [5.41, 5.74) is 1.37. The molecule has 1 atom stereocenters. The average Bonchev–Trinajstić information content (AvgIpc) is 2.98. The molecule has 0 saturated carbocycles. The Balaban J connectivity index is 1.70. The van der Waals surface area contributed by atoms with Gasteiger partial charge in [0.25, 0.3) is 5.91 Å². The number of hydrogen-bond donors (Lipinski definition) is 2. The van der Waals surface area contributed by atoms with Crippen molar-refractivity contribution in [3.05, 3.63) is 70.4 Å². The molecule has 3 aromatic rings. The monoisotopic (exact) mass is 374 g/mol. The molecule has 2 heterocycles. The van der Waals surface area contributed by atoms with Gasteiger partial charge in [-0.05, 0) is 43.7 Å². The van der Waals surface area contributed by atoms with Crippen LogP contribution in [-0.4, -0.2) is 15.9 Å². The maximum Gasteiger partial charge on any atom is 0.263 e. The van der Waals surface area contributed by atoms with E-state index in [1.54, 1.807) is 19.1 Å². The number of carbonyl (C=O) groups is 1. The smallest absolute Gasteiger partial charge is 0.263 e. The molecule has 2 N–H and O–H groups in total. The number of benzene rings is 1. The Bertz CT molecular complexity index is 910. The first-order chi connectivity index (χ1) is 12.4. The number of thiazole rings is 1. The lowest BCUT2D eigenvalue weighted by atomic mass is 10.1. The molecule has 0 aliphatic rings. The fraction of sp³-hybridized carbons (Fsp3) is 0.167. The standard InChI is InChI=1S/C18H16F2N4OS/c1-10(12-3-5-13(19)6-4-12)22-17(25)16-11(2)23-18(26-16)24-15-8-7-14(20)9-21-15/h3-10H,1-2H3,(H,22,25)(H,21,23,24)/t10-/m0/s1. The molecular weight excluding hydrogens is 358 g/mol. The molecule has 5 nitrogen and oxygen atoms in total. The van der Waals surface area contributed by atoms with Crippen LogP contribution in [0.15, 0.2) is 42.6 Å². The molecule has 0 aliphatic carbocycles. The highest BCUT2D eigenvalue weighted by Crippen LogP contribution is 2.26. The number of rotatable bonds is 5. The summed E-state index contributed by atoms with van der Waals surface area (Å²) in [6.07, 6.45) is 1.10. The normalized spacial score (nSPS) is 11.8. The van der Waals surface area contributed by atoms with Crippen LogP contribution in [-0.2, 0) is 0 Å². The minimum atomic E-state index is -0.430. The summed E-state index contributed by atoms with van der Waals surface area (Å²) in [6.45, 7) is 3.56. The van der Waals surface area contributed by atoms with Gasteiger partial charge >= 0.3 is 0 Å². The van der Waals surface area contributed by atoms with E-state index >= 15 is 0 Å². The van der Waals surface area contributed by atoms with Gasteiger partial charge in [0.05, 0.1) is 17.9 Å². The van der Waals surface area contributed by atoms with Gasteiger partial charge in [-0.25, -0.2) is 18.7 Å². The van der Waals surface area contributed by atoms with E-state index in [0.717, 1.165) is 11.8 Å². The summed E-state index contributed by atoms with van der Waals surface area (Å²) in [5, 5.41) is 6.31. The van der Waals surface area contributed by atoms with Crippen molar-refractivity contribution in [1.29, 1.82) is 0 Å². The number of pyridine rings is 1. The fourth-order valence-corrected chi connectivity index (χ4v) is 3.19. The van der Waals surface area contributed by atoms with Crippen LogP contribution in [0.5, 0.6) is 0 Å². The van der Waals surface area contributed by atoms with Crippen LogP contribution < -0.4 is 10.6 Å². The van der Waals surface area contributed by atoms with E-state index in [-0.39, 0.29) is 17.8 Å². The minimum absolute atomic E-state index is 0.267. The third-order valence-corrected chi connectivity index (χ3v) is 4.75. The first-order valence-corrected chi connectivity index (χ1v) is 8.66. The lowest BCUT2D eigenvalue weighted by molar-refractivity contribution is 0.0943. The quantitative estimate of drug-likeness (QED) is 0.696. The number of amides is 1. The van der Waals surface area contributed by atoms with E-state index < -0.39 is 5.82 Å². The van der Waals surface area contributed by atoms with Crippen LogP contribution >= 0.6 is 11.3 Å². The highest BCUT2D eigenvalue weighted by molar-refractivity contribution is 7.17. The molecule has 134 valence electrons. The molecule has 0 radical (unpaired) electrons. The van der Waals surface area contributed by atoms with Gasteiger partial charge in [-0.1, -0.05) is 23.5 Å². The fourth-order valence-electron chi connectivity index (χ4n) is 2.32. The van der Waals surface area contributed by atoms with Gasteiger partial charge in [0.1, 0.15) is 22.3 Å². The molecule has 0 saturated heterocycles. The topological polar surface area (TPSA) is 66.9 Å².